The smallest absolute Gasteiger partial charge is 0.241 e. The lowest BCUT2D eigenvalue weighted by atomic mass is 9.80. The SMILES string of the molecule is CCC1CCC(CN2C(=O)C(CC(C)C)NC2CC)CC1. The minimum Gasteiger partial charge on any atom is -0.326 e. The van der Waals surface area contributed by atoms with E-state index in [1.807, 2.05) is 0 Å². The van der Waals surface area contributed by atoms with Gasteiger partial charge in [0, 0.05) is 6.54 Å². The van der Waals surface area contributed by atoms with Crippen molar-refractivity contribution >= 4 is 5.91 Å². The summed E-state index contributed by atoms with van der Waals surface area (Å²) in [5, 5.41) is 3.56. The highest BCUT2D eigenvalue weighted by molar-refractivity contribution is 5.84. The van der Waals surface area contributed by atoms with Gasteiger partial charge < -0.3 is 4.90 Å². The Hall–Kier alpha value is -0.570. The van der Waals surface area contributed by atoms with Crippen LogP contribution in [-0.2, 0) is 4.79 Å². The maximum atomic E-state index is 12.7. The summed E-state index contributed by atoms with van der Waals surface area (Å²) in [6.45, 7) is 9.87. The molecule has 0 spiro atoms. The number of nitrogens with one attached hydrogen (secondary N) is 1. The van der Waals surface area contributed by atoms with E-state index in [1.54, 1.807) is 0 Å². The lowest BCUT2D eigenvalue weighted by molar-refractivity contribution is -0.131. The second kappa shape index (κ2) is 7.62. The summed E-state index contributed by atoms with van der Waals surface area (Å²) >= 11 is 0. The number of amides is 1. The summed E-state index contributed by atoms with van der Waals surface area (Å²) in [5.41, 5.74) is 0. The molecule has 2 rings (SSSR count). The second-order valence-electron chi connectivity index (χ2n) is 7.56. The van der Waals surface area contributed by atoms with Gasteiger partial charge in [0.1, 0.15) is 0 Å². The second-order valence-corrected chi connectivity index (χ2v) is 7.56. The molecule has 2 unspecified atom stereocenters. The number of carbonyl (C=O) groups is 1. The predicted octanol–water partition coefficient (Wildman–Crippen LogP) is 3.79. The van der Waals surface area contributed by atoms with Crippen LogP contribution in [0.1, 0.15) is 72.6 Å². The van der Waals surface area contributed by atoms with Gasteiger partial charge >= 0.3 is 0 Å². The van der Waals surface area contributed by atoms with Crippen LogP contribution in [0.15, 0.2) is 0 Å². The van der Waals surface area contributed by atoms with Gasteiger partial charge in [0.15, 0.2) is 0 Å². The molecule has 1 heterocycles. The van der Waals surface area contributed by atoms with Crippen LogP contribution >= 0.6 is 0 Å². The van der Waals surface area contributed by atoms with Crippen molar-refractivity contribution in [3.8, 4) is 0 Å². The molecular weight excluding hydrogens is 260 g/mol. The summed E-state index contributed by atoms with van der Waals surface area (Å²) in [7, 11) is 0. The summed E-state index contributed by atoms with van der Waals surface area (Å²) in [5.74, 6) is 2.59. The molecule has 3 nitrogen and oxygen atoms in total. The fraction of sp³-hybridized carbons (Fsp3) is 0.944. The molecule has 0 aromatic heterocycles. The number of carbonyl (C=O) groups excluding carboxylic acids is 1. The average molecular weight is 294 g/mol. The Labute approximate surface area is 130 Å². The predicted molar refractivity (Wildman–Crippen MR) is 87.9 cm³/mol. The Balaban J connectivity index is 1.90. The van der Waals surface area contributed by atoms with Gasteiger partial charge in [-0.15, -0.1) is 0 Å². The number of rotatable bonds is 6. The average Bonchev–Trinajstić information content (AvgIpc) is 2.76. The van der Waals surface area contributed by atoms with Gasteiger partial charge in [-0.25, -0.2) is 0 Å². The third kappa shape index (κ3) is 4.21. The van der Waals surface area contributed by atoms with Crippen molar-refractivity contribution in [2.45, 2.75) is 84.8 Å². The molecular formula is C18H34N2O. The topological polar surface area (TPSA) is 32.3 Å². The van der Waals surface area contributed by atoms with E-state index >= 15 is 0 Å². The van der Waals surface area contributed by atoms with E-state index < -0.39 is 0 Å². The van der Waals surface area contributed by atoms with E-state index in [-0.39, 0.29) is 12.2 Å². The molecule has 2 fully saturated rings. The maximum Gasteiger partial charge on any atom is 0.241 e. The molecule has 21 heavy (non-hydrogen) atoms. The molecule has 0 bridgehead atoms. The van der Waals surface area contributed by atoms with Gasteiger partial charge in [0.05, 0.1) is 12.2 Å². The van der Waals surface area contributed by atoms with Gasteiger partial charge in [-0.1, -0.05) is 47.0 Å². The van der Waals surface area contributed by atoms with E-state index in [0.717, 1.165) is 31.2 Å². The Kier molecular flexibility index (Phi) is 6.09. The molecule has 3 heteroatoms. The molecule has 1 saturated carbocycles. The lowest BCUT2D eigenvalue weighted by Crippen LogP contribution is -2.40. The van der Waals surface area contributed by atoms with Crippen LogP contribution in [0.3, 0.4) is 0 Å². The first-order chi connectivity index (χ1) is 10.0. The normalized spacial score (nSPS) is 34.0. The van der Waals surface area contributed by atoms with E-state index in [4.69, 9.17) is 0 Å². The van der Waals surface area contributed by atoms with E-state index in [9.17, 15) is 4.79 Å². The zero-order valence-corrected chi connectivity index (χ0v) is 14.4. The van der Waals surface area contributed by atoms with Crippen molar-refractivity contribution in [1.82, 2.24) is 10.2 Å². The highest BCUT2D eigenvalue weighted by Crippen LogP contribution is 2.32. The van der Waals surface area contributed by atoms with Gasteiger partial charge in [-0.2, -0.15) is 0 Å². The van der Waals surface area contributed by atoms with Crippen molar-refractivity contribution in [1.29, 1.82) is 0 Å². The van der Waals surface area contributed by atoms with E-state index in [1.165, 1.54) is 32.1 Å². The molecule has 1 N–H and O–H groups in total. The zero-order chi connectivity index (χ0) is 15.4. The molecule has 1 aliphatic heterocycles. The Morgan fingerprint density at radius 1 is 1.10 bits per heavy atom. The van der Waals surface area contributed by atoms with Crippen LogP contribution < -0.4 is 5.32 Å². The third-order valence-electron chi connectivity index (χ3n) is 5.44. The molecule has 0 radical (unpaired) electrons. The van der Waals surface area contributed by atoms with Gasteiger partial charge in [-0.3, -0.25) is 10.1 Å². The van der Waals surface area contributed by atoms with Crippen LogP contribution in [0, 0.1) is 17.8 Å². The molecule has 1 amide bonds. The highest BCUT2D eigenvalue weighted by Gasteiger charge is 2.39. The highest BCUT2D eigenvalue weighted by atomic mass is 16.2. The molecule has 0 aromatic rings. The first-order valence-corrected chi connectivity index (χ1v) is 9.11. The Bertz CT molecular complexity index is 334. The summed E-state index contributed by atoms with van der Waals surface area (Å²) < 4.78 is 0. The van der Waals surface area contributed by atoms with Crippen LogP contribution in [0.2, 0.25) is 0 Å². The zero-order valence-electron chi connectivity index (χ0n) is 14.4. The fourth-order valence-electron chi connectivity index (χ4n) is 4.04. The molecule has 1 aliphatic carbocycles. The summed E-state index contributed by atoms with van der Waals surface area (Å²) in [6.07, 6.45) is 8.93. The maximum absolute atomic E-state index is 12.7. The largest absolute Gasteiger partial charge is 0.326 e. The van der Waals surface area contributed by atoms with Crippen LogP contribution in [-0.4, -0.2) is 29.6 Å². The van der Waals surface area contributed by atoms with Crippen LogP contribution in [0.25, 0.3) is 0 Å². The standard InChI is InChI=1S/C18H34N2O/c1-5-14-7-9-15(10-8-14)12-20-17(6-2)19-16(18(20)21)11-13(3)4/h13-17,19H,5-12H2,1-4H3. The Morgan fingerprint density at radius 2 is 1.71 bits per heavy atom. The third-order valence-corrected chi connectivity index (χ3v) is 5.44. The van der Waals surface area contributed by atoms with Gasteiger partial charge in [0.2, 0.25) is 5.91 Å². The number of hydrogen-bond donors (Lipinski definition) is 1. The van der Waals surface area contributed by atoms with Crippen LogP contribution in [0.4, 0.5) is 0 Å². The lowest BCUT2D eigenvalue weighted by Gasteiger charge is -2.33. The van der Waals surface area contributed by atoms with E-state index in [2.05, 4.69) is 37.9 Å². The van der Waals surface area contributed by atoms with Crippen molar-refractivity contribution < 1.29 is 4.79 Å². The first-order valence-electron chi connectivity index (χ1n) is 9.11. The minimum atomic E-state index is 0.0573. The fourth-order valence-corrected chi connectivity index (χ4v) is 4.04. The quantitative estimate of drug-likeness (QED) is 0.808. The first kappa shape index (κ1) is 16.8. The summed E-state index contributed by atoms with van der Waals surface area (Å²) in [6, 6.07) is 0.0573. The monoisotopic (exact) mass is 294 g/mol. The summed E-state index contributed by atoms with van der Waals surface area (Å²) in [4.78, 5) is 14.8. The number of nitrogens with zero attached hydrogens (tertiary/aromatic N) is 1. The van der Waals surface area contributed by atoms with Crippen molar-refractivity contribution in [3.05, 3.63) is 0 Å². The molecule has 2 atom stereocenters. The van der Waals surface area contributed by atoms with Crippen molar-refractivity contribution in [2.24, 2.45) is 17.8 Å². The Morgan fingerprint density at radius 3 is 2.24 bits per heavy atom. The van der Waals surface area contributed by atoms with Crippen LogP contribution in [0.5, 0.6) is 0 Å². The molecule has 0 aromatic carbocycles. The minimum absolute atomic E-state index is 0.0573. The van der Waals surface area contributed by atoms with Crippen molar-refractivity contribution in [2.75, 3.05) is 6.54 Å². The van der Waals surface area contributed by atoms with Gasteiger partial charge in [-0.05, 0) is 43.4 Å². The van der Waals surface area contributed by atoms with E-state index in [0.29, 0.717) is 11.8 Å². The number of hydrogen-bond acceptors (Lipinski definition) is 2. The molecule has 1 saturated heterocycles. The van der Waals surface area contributed by atoms with Gasteiger partial charge in [0.25, 0.3) is 0 Å². The molecule has 122 valence electrons. The van der Waals surface area contributed by atoms with Crippen molar-refractivity contribution in [3.63, 3.8) is 0 Å². The molecule has 2 aliphatic rings.